The van der Waals surface area contributed by atoms with Crippen molar-refractivity contribution in [3.8, 4) is 0 Å². The van der Waals surface area contributed by atoms with E-state index in [0.717, 1.165) is 37.4 Å². The van der Waals surface area contributed by atoms with E-state index in [1.165, 1.54) is 0 Å². The summed E-state index contributed by atoms with van der Waals surface area (Å²) >= 11 is 6.28. The van der Waals surface area contributed by atoms with E-state index in [2.05, 4.69) is 46.4 Å². The van der Waals surface area contributed by atoms with Crippen LogP contribution in [0, 0.1) is 0 Å². The van der Waals surface area contributed by atoms with Crippen molar-refractivity contribution in [2.45, 2.75) is 27.2 Å². The topological polar surface area (TPSA) is 80.0 Å². The van der Waals surface area contributed by atoms with Gasteiger partial charge in [0.25, 0.3) is 0 Å². The van der Waals surface area contributed by atoms with E-state index < -0.39 is 0 Å². The van der Waals surface area contributed by atoms with Gasteiger partial charge in [-0.05, 0) is 44.2 Å². The summed E-state index contributed by atoms with van der Waals surface area (Å²) in [6, 6.07) is 7.59. The Morgan fingerprint density at radius 2 is 1.87 bits per heavy atom. The third-order valence-corrected chi connectivity index (χ3v) is 3.46. The molecule has 7 heteroatoms. The third kappa shape index (κ3) is 6.00. The molecule has 0 fully saturated rings. The molecule has 0 aliphatic rings. The molecule has 0 aliphatic heterocycles. The normalized spacial score (nSPS) is 9.78. The van der Waals surface area contributed by atoms with Crippen molar-refractivity contribution in [1.82, 2.24) is 15.4 Å². The molecule has 6 nitrogen and oxygen atoms in total. The first-order valence-electron chi connectivity index (χ1n) is 7.82. The predicted octanol–water partition coefficient (Wildman–Crippen LogP) is 3.47. The van der Waals surface area contributed by atoms with Gasteiger partial charge in [-0.25, -0.2) is 0 Å². The fourth-order valence-electron chi connectivity index (χ4n) is 1.90. The highest BCUT2D eigenvalue weighted by Gasteiger charge is 2.12. The van der Waals surface area contributed by atoms with Crippen LogP contribution >= 0.6 is 11.6 Å². The summed E-state index contributed by atoms with van der Waals surface area (Å²) in [5, 5.41) is 15.0. The van der Waals surface area contributed by atoms with Crippen LogP contribution in [-0.4, -0.2) is 35.0 Å². The molecule has 0 radical (unpaired) electrons. The molecule has 1 heterocycles. The van der Waals surface area contributed by atoms with Crippen molar-refractivity contribution in [2.24, 2.45) is 5.73 Å². The Hall–Kier alpha value is -1.92. The third-order valence-electron chi connectivity index (χ3n) is 3.14. The number of hydrogen-bond acceptors (Lipinski definition) is 6. The lowest BCUT2D eigenvalue weighted by molar-refractivity contribution is 0.862. The monoisotopic (exact) mass is 336 g/mol. The zero-order valence-electron chi connectivity index (χ0n) is 14.0. The van der Waals surface area contributed by atoms with Crippen molar-refractivity contribution in [2.75, 3.05) is 29.9 Å². The lowest BCUT2D eigenvalue weighted by atomic mass is 10.2. The van der Waals surface area contributed by atoms with Crippen LogP contribution in [-0.2, 0) is 0 Å². The van der Waals surface area contributed by atoms with Crippen LogP contribution in [0.3, 0.4) is 0 Å². The van der Waals surface area contributed by atoms with Crippen molar-refractivity contribution in [1.29, 1.82) is 0 Å². The molecule has 0 unspecified atom stereocenters. The number of nitrogens with two attached hydrogens (primary N) is 1. The number of aromatic nitrogens is 3. The molecule has 1 aromatic carbocycles. The molecule has 2 rings (SSSR count). The quantitative estimate of drug-likeness (QED) is 0.840. The number of benzene rings is 1. The summed E-state index contributed by atoms with van der Waals surface area (Å²) in [6.07, 6.45) is 2.68. The largest absolute Gasteiger partial charge is 0.370 e. The van der Waals surface area contributed by atoms with Gasteiger partial charge in [0, 0.05) is 19.2 Å². The van der Waals surface area contributed by atoms with Crippen molar-refractivity contribution >= 4 is 28.8 Å². The van der Waals surface area contributed by atoms with Gasteiger partial charge in [0.2, 0.25) is 0 Å². The van der Waals surface area contributed by atoms with Gasteiger partial charge in [0.15, 0.2) is 5.82 Å². The Balaban J connectivity index is 0.000000593. The molecule has 0 spiro atoms. The highest BCUT2D eigenvalue weighted by molar-refractivity contribution is 6.34. The van der Waals surface area contributed by atoms with Gasteiger partial charge in [0.05, 0.1) is 22.6 Å². The molecular formula is C16H25ClN6. The lowest BCUT2D eigenvalue weighted by Crippen LogP contribution is -2.22. The SMILES string of the molecule is CCCN.CCN(CC)c1cccc(Cl)c1Nc1ccnnn1. The van der Waals surface area contributed by atoms with Crippen LogP contribution in [0.1, 0.15) is 27.2 Å². The van der Waals surface area contributed by atoms with E-state index in [0.29, 0.717) is 10.8 Å². The smallest absolute Gasteiger partial charge is 0.156 e. The van der Waals surface area contributed by atoms with Crippen LogP contribution in [0.25, 0.3) is 0 Å². The standard InChI is InChI=1S/C13H16ClN5.C3H9N/c1-3-19(4-2)11-7-5-6-10(14)13(11)16-12-8-9-15-18-17-12;1-2-3-4/h5-9H,3-4H2,1-2H3,(H,15,16,17);2-4H2,1H3. The zero-order valence-corrected chi connectivity index (χ0v) is 14.7. The number of nitrogens with zero attached hydrogens (tertiary/aromatic N) is 4. The molecule has 0 atom stereocenters. The van der Waals surface area contributed by atoms with Gasteiger partial charge in [0.1, 0.15) is 0 Å². The fraction of sp³-hybridized carbons (Fsp3) is 0.438. The number of anilines is 3. The Morgan fingerprint density at radius 3 is 2.39 bits per heavy atom. The number of nitrogens with one attached hydrogen (secondary N) is 1. The van der Waals surface area contributed by atoms with Crippen molar-refractivity contribution in [3.05, 3.63) is 35.5 Å². The highest BCUT2D eigenvalue weighted by atomic mass is 35.5. The molecule has 3 N–H and O–H groups in total. The van der Waals surface area contributed by atoms with E-state index in [1.54, 1.807) is 12.3 Å². The van der Waals surface area contributed by atoms with E-state index in [-0.39, 0.29) is 0 Å². The first-order chi connectivity index (χ1) is 11.2. The molecule has 23 heavy (non-hydrogen) atoms. The van der Waals surface area contributed by atoms with Gasteiger partial charge in [-0.15, -0.1) is 10.2 Å². The summed E-state index contributed by atoms with van der Waals surface area (Å²) < 4.78 is 0. The number of rotatable bonds is 6. The maximum absolute atomic E-state index is 6.28. The molecule has 0 aliphatic carbocycles. The maximum atomic E-state index is 6.28. The van der Waals surface area contributed by atoms with Crippen LogP contribution in [0.15, 0.2) is 30.5 Å². The first-order valence-corrected chi connectivity index (χ1v) is 8.20. The van der Waals surface area contributed by atoms with Crippen LogP contribution in [0.5, 0.6) is 0 Å². The van der Waals surface area contributed by atoms with Gasteiger partial charge in [-0.2, -0.15) is 0 Å². The molecule has 0 saturated carbocycles. The highest BCUT2D eigenvalue weighted by Crippen LogP contribution is 2.34. The lowest BCUT2D eigenvalue weighted by Gasteiger charge is -2.24. The van der Waals surface area contributed by atoms with Crippen molar-refractivity contribution < 1.29 is 0 Å². The second-order valence-electron chi connectivity index (χ2n) is 4.73. The van der Waals surface area contributed by atoms with E-state index in [1.807, 2.05) is 18.2 Å². The molecule has 0 saturated heterocycles. The second-order valence-corrected chi connectivity index (χ2v) is 5.13. The predicted molar refractivity (Wildman–Crippen MR) is 97.5 cm³/mol. The van der Waals surface area contributed by atoms with Crippen LogP contribution in [0.4, 0.5) is 17.2 Å². The minimum atomic E-state index is 0.622. The Kier molecular flexibility index (Phi) is 8.94. The van der Waals surface area contributed by atoms with Gasteiger partial charge in [-0.3, -0.25) is 0 Å². The average molecular weight is 337 g/mol. The minimum absolute atomic E-state index is 0.622. The Bertz CT molecular complexity index is 558. The summed E-state index contributed by atoms with van der Waals surface area (Å²) in [5.74, 6) is 0.622. The second kappa shape index (κ2) is 10.7. The Morgan fingerprint density at radius 1 is 1.17 bits per heavy atom. The summed E-state index contributed by atoms with van der Waals surface area (Å²) in [7, 11) is 0. The molecule has 2 aromatic rings. The molecule has 0 bridgehead atoms. The number of hydrogen-bond donors (Lipinski definition) is 2. The van der Waals surface area contributed by atoms with E-state index in [4.69, 9.17) is 17.3 Å². The van der Waals surface area contributed by atoms with Gasteiger partial charge in [-0.1, -0.05) is 24.6 Å². The van der Waals surface area contributed by atoms with Crippen LogP contribution in [0.2, 0.25) is 5.02 Å². The summed E-state index contributed by atoms with van der Waals surface area (Å²) in [6.45, 7) is 8.92. The minimum Gasteiger partial charge on any atom is -0.370 e. The number of halogens is 1. The average Bonchev–Trinajstić information content (AvgIpc) is 2.60. The maximum Gasteiger partial charge on any atom is 0.156 e. The summed E-state index contributed by atoms with van der Waals surface area (Å²) in [4.78, 5) is 2.23. The van der Waals surface area contributed by atoms with Gasteiger partial charge < -0.3 is 16.0 Å². The molecular weight excluding hydrogens is 312 g/mol. The van der Waals surface area contributed by atoms with E-state index in [9.17, 15) is 0 Å². The molecule has 1 aromatic heterocycles. The fourth-order valence-corrected chi connectivity index (χ4v) is 2.12. The molecule has 126 valence electrons. The molecule has 0 amide bonds. The number of para-hydroxylation sites is 1. The zero-order chi connectivity index (χ0) is 17.1. The van der Waals surface area contributed by atoms with Crippen LogP contribution < -0.4 is 16.0 Å². The van der Waals surface area contributed by atoms with E-state index >= 15 is 0 Å². The summed E-state index contributed by atoms with van der Waals surface area (Å²) in [5.41, 5.74) is 6.92. The van der Waals surface area contributed by atoms with Gasteiger partial charge >= 0.3 is 0 Å². The Labute approximate surface area is 143 Å². The van der Waals surface area contributed by atoms with Crippen molar-refractivity contribution in [3.63, 3.8) is 0 Å². The first kappa shape index (κ1) is 19.1.